The van der Waals surface area contributed by atoms with Gasteiger partial charge in [-0.3, -0.25) is 0 Å². The standard InChI is InChI=1S/C15H21NO5/c1-15(2,3)21-14(19)16-12(13(17)18)9-10-20-11-7-5-4-6-8-11/h4-8,12H,9-10H2,1-3H3,(H,16,19)(H,17,18). The number of carbonyl (C=O) groups excluding carboxylic acids is 1. The zero-order chi connectivity index (χ0) is 15.9. The normalized spacial score (nSPS) is 12.3. The molecule has 0 heterocycles. The van der Waals surface area contributed by atoms with Crippen LogP contribution in [0.4, 0.5) is 4.79 Å². The number of rotatable bonds is 6. The molecule has 0 aromatic heterocycles. The van der Waals surface area contributed by atoms with E-state index in [2.05, 4.69) is 5.32 Å². The number of para-hydroxylation sites is 1. The van der Waals surface area contributed by atoms with Gasteiger partial charge in [-0.2, -0.15) is 0 Å². The van der Waals surface area contributed by atoms with E-state index < -0.39 is 23.7 Å². The van der Waals surface area contributed by atoms with Gasteiger partial charge in [0.25, 0.3) is 0 Å². The molecule has 0 aliphatic carbocycles. The predicted octanol–water partition coefficient (Wildman–Crippen LogP) is 2.43. The summed E-state index contributed by atoms with van der Waals surface area (Å²) in [6.07, 6.45) is -0.613. The zero-order valence-electron chi connectivity index (χ0n) is 12.5. The molecule has 0 spiro atoms. The van der Waals surface area contributed by atoms with E-state index in [0.29, 0.717) is 5.75 Å². The van der Waals surface area contributed by atoms with Crippen LogP contribution < -0.4 is 10.1 Å². The maximum Gasteiger partial charge on any atom is 0.408 e. The van der Waals surface area contributed by atoms with Gasteiger partial charge in [-0.1, -0.05) is 18.2 Å². The second-order valence-corrected chi connectivity index (χ2v) is 5.49. The first kappa shape index (κ1) is 16.8. The monoisotopic (exact) mass is 295 g/mol. The van der Waals surface area contributed by atoms with Gasteiger partial charge in [0.15, 0.2) is 0 Å². The van der Waals surface area contributed by atoms with E-state index >= 15 is 0 Å². The summed E-state index contributed by atoms with van der Waals surface area (Å²) in [6, 6.07) is 8.00. The third-order valence-corrected chi connectivity index (χ3v) is 2.41. The van der Waals surface area contributed by atoms with Gasteiger partial charge in [0.2, 0.25) is 0 Å². The molecule has 0 saturated carbocycles. The molecule has 6 heteroatoms. The molecule has 1 atom stereocenters. The molecular formula is C15H21NO5. The molecule has 1 aromatic rings. The summed E-state index contributed by atoms with van der Waals surface area (Å²) in [5, 5.41) is 11.4. The number of benzene rings is 1. The van der Waals surface area contributed by atoms with Crippen LogP contribution in [-0.2, 0) is 9.53 Å². The van der Waals surface area contributed by atoms with E-state index in [1.807, 2.05) is 18.2 Å². The number of aliphatic carboxylic acids is 1. The number of nitrogens with one attached hydrogen (secondary N) is 1. The number of hydrogen-bond donors (Lipinski definition) is 2. The van der Waals surface area contributed by atoms with Crippen molar-refractivity contribution in [1.29, 1.82) is 0 Å². The Morgan fingerprint density at radius 2 is 1.86 bits per heavy atom. The quantitative estimate of drug-likeness (QED) is 0.842. The number of alkyl carbamates (subject to hydrolysis) is 1. The lowest BCUT2D eigenvalue weighted by atomic mass is 10.2. The molecule has 1 aromatic carbocycles. The van der Waals surface area contributed by atoms with Crippen LogP contribution in [-0.4, -0.2) is 35.4 Å². The zero-order valence-corrected chi connectivity index (χ0v) is 12.5. The smallest absolute Gasteiger partial charge is 0.408 e. The van der Waals surface area contributed by atoms with Crippen molar-refractivity contribution in [2.45, 2.75) is 38.8 Å². The largest absolute Gasteiger partial charge is 0.494 e. The number of hydrogen-bond acceptors (Lipinski definition) is 4. The van der Waals surface area contributed by atoms with E-state index in [0.717, 1.165) is 0 Å². The van der Waals surface area contributed by atoms with Gasteiger partial charge >= 0.3 is 12.1 Å². The Balaban J connectivity index is 2.43. The van der Waals surface area contributed by atoms with Crippen molar-refractivity contribution in [3.63, 3.8) is 0 Å². The van der Waals surface area contributed by atoms with Crippen molar-refractivity contribution in [3.8, 4) is 5.75 Å². The van der Waals surface area contributed by atoms with Crippen LogP contribution >= 0.6 is 0 Å². The van der Waals surface area contributed by atoms with Gasteiger partial charge in [-0.25, -0.2) is 9.59 Å². The van der Waals surface area contributed by atoms with Crippen molar-refractivity contribution < 1.29 is 24.2 Å². The van der Waals surface area contributed by atoms with E-state index in [-0.39, 0.29) is 13.0 Å². The van der Waals surface area contributed by atoms with E-state index in [4.69, 9.17) is 14.6 Å². The van der Waals surface area contributed by atoms with Gasteiger partial charge in [0.1, 0.15) is 17.4 Å². The van der Waals surface area contributed by atoms with Crippen molar-refractivity contribution in [2.24, 2.45) is 0 Å². The fraction of sp³-hybridized carbons (Fsp3) is 0.467. The second-order valence-electron chi connectivity index (χ2n) is 5.49. The van der Waals surface area contributed by atoms with Crippen LogP contribution in [0.25, 0.3) is 0 Å². The topological polar surface area (TPSA) is 84.9 Å². The Labute approximate surface area is 124 Å². The first-order chi connectivity index (χ1) is 9.78. The third-order valence-electron chi connectivity index (χ3n) is 2.41. The molecule has 6 nitrogen and oxygen atoms in total. The first-order valence-electron chi connectivity index (χ1n) is 6.68. The van der Waals surface area contributed by atoms with Crippen LogP contribution in [0.2, 0.25) is 0 Å². The van der Waals surface area contributed by atoms with Crippen LogP contribution in [0.1, 0.15) is 27.2 Å². The summed E-state index contributed by atoms with van der Waals surface area (Å²) in [6.45, 7) is 5.30. The van der Waals surface area contributed by atoms with Crippen molar-refractivity contribution >= 4 is 12.1 Å². The summed E-state index contributed by atoms with van der Waals surface area (Å²) in [4.78, 5) is 22.7. The molecule has 0 bridgehead atoms. The molecule has 0 fully saturated rings. The molecule has 1 unspecified atom stereocenters. The van der Waals surface area contributed by atoms with Crippen LogP contribution in [0, 0.1) is 0 Å². The molecule has 0 radical (unpaired) electrons. The Morgan fingerprint density at radius 1 is 1.24 bits per heavy atom. The fourth-order valence-electron chi connectivity index (χ4n) is 1.52. The maximum atomic E-state index is 11.6. The Hall–Kier alpha value is -2.24. The molecular weight excluding hydrogens is 274 g/mol. The lowest BCUT2D eigenvalue weighted by Gasteiger charge is -2.22. The molecule has 1 amide bonds. The Bertz CT molecular complexity index is 467. The number of amides is 1. The fourth-order valence-corrected chi connectivity index (χ4v) is 1.52. The Morgan fingerprint density at radius 3 is 2.38 bits per heavy atom. The summed E-state index contributed by atoms with van der Waals surface area (Å²) in [7, 11) is 0. The minimum Gasteiger partial charge on any atom is -0.494 e. The van der Waals surface area contributed by atoms with Gasteiger partial charge in [-0.05, 0) is 32.9 Å². The first-order valence-corrected chi connectivity index (χ1v) is 6.68. The number of carboxylic acids is 1. The second kappa shape index (κ2) is 7.52. The van der Waals surface area contributed by atoms with Crippen molar-refractivity contribution in [1.82, 2.24) is 5.32 Å². The highest BCUT2D eigenvalue weighted by Crippen LogP contribution is 2.10. The minimum atomic E-state index is -1.13. The average Bonchev–Trinajstić information content (AvgIpc) is 2.36. The average molecular weight is 295 g/mol. The highest BCUT2D eigenvalue weighted by molar-refractivity contribution is 5.79. The number of ether oxygens (including phenoxy) is 2. The molecule has 1 rings (SSSR count). The third kappa shape index (κ3) is 7.20. The van der Waals surface area contributed by atoms with Gasteiger partial charge < -0.3 is 19.9 Å². The maximum absolute atomic E-state index is 11.6. The molecule has 21 heavy (non-hydrogen) atoms. The lowest BCUT2D eigenvalue weighted by Crippen LogP contribution is -2.44. The molecule has 116 valence electrons. The molecule has 0 saturated heterocycles. The van der Waals surface area contributed by atoms with Crippen LogP contribution in [0.5, 0.6) is 5.75 Å². The Kier molecular flexibility index (Phi) is 6.02. The summed E-state index contributed by atoms with van der Waals surface area (Å²) in [5.74, 6) is -0.476. The summed E-state index contributed by atoms with van der Waals surface area (Å²) in [5.41, 5.74) is -0.673. The minimum absolute atomic E-state index is 0.142. The van der Waals surface area contributed by atoms with Crippen LogP contribution in [0.3, 0.4) is 0 Å². The van der Waals surface area contributed by atoms with E-state index in [1.54, 1.807) is 32.9 Å². The number of carboxylic acid groups (broad SMARTS) is 1. The van der Waals surface area contributed by atoms with Gasteiger partial charge in [-0.15, -0.1) is 0 Å². The highest BCUT2D eigenvalue weighted by Gasteiger charge is 2.23. The number of carbonyl (C=O) groups is 2. The summed E-state index contributed by atoms with van der Waals surface area (Å²) >= 11 is 0. The lowest BCUT2D eigenvalue weighted by molar-refractivity contribution is -0.139. The van der Waals surface area contributed by atoms with Crippen molar-refractivity contribution in [3.05, 3.63) is 30.3 Å². The molecule has 0 aliphatic rings. The molecule has 2 N–H and O–H groups in total. The highest BCUT2D eigenvalue weighted by atomic mass is 16.6. The van der Waals surface area contributed by atoms with Crippen molar-refractivity contribution in [2.75, 3.05) is 6.61 Å². The predicted molar refractivity (Wildman–Crippen MR) is 77.3 cm³/mol. The molecule has 0 aliphatic heterocycles. The SMILES string of the molecule is CC(C)(C)OC(=O)NC(CCOc1ccccc1)C(=O)O. The van der Waals surface area contributed by atoms with Gasteiger partial charge in [0.05, 0.1) is 6.61 Å². The van der Waals surface area contributed by atoms with Crippen LogP contribution in [0.15, 0.2) is 30.3 Å². The van der Waals surface area contributed by atoms with E-state index in [9.17, 15) is 9.59 Å². The summed E-state index contributed by atoms with van der Waals surface area (Å²) < 4.78 is 10.4. The van der Waals surface area contributed by atoms with Gasteiger partial charge in [0, 0.05) is 6.42 Å². The van der Waals surface area contributed by atoms with E-state index in [1.165, 1.54) is 0 Å².